The van der Waals surface area contributed by atoms with E-state index in [2.05, 4.69) is 6.92 Å². The first-order valence-electron chi connectivity index (χ1n) is 8.07. The number of piperidine rings is 1. The van der Waals surface area contributed by atoms with Gasteiger partial charge in [0.15, 0.2) is 18.1 Å². The summed E-state index contributed by atoms with van der Waals surface area (Å²) >= 11 is 6.22. The molecule has 24 heavy (non-hydrogen) atoms. The van der Waals surface area contributed by atoms with Crippen molar-refractivity contribution < 1.29 is 19.1 Å². The van der Waals surface area contributed by atoms with Crippen LogP contribution in [0.2, 0.25) is 5.02 Å². The van der Waals surface area contributed by atoms with Crippen molar-refractivity contribution in [2.45, 2.75) is 38.6 Å². The summed E-state index contributed by atoms with van der Waals surface area (Å²) in [4.78, 5) is 25.7. The molecule has 0 bridgehead atoms. The monoisotopic (exact) mass is 354 g/mol. The molecule has 2 rings (SSSR count). The highest BCUT2D eigenvalue weighted by Gasteiger charge is 2.27. The van der Waals surface area contributed by atoms with E-state index in [0.29, 0.717) is 11.3 Å². The van der Waals surface area contributed by atoms with Crippen molar-refractivity contribution in [3.63, 3.8) is 0 Å². The van der Waals surface area contributed by atoms with Gasteiger partial charge in [0.2, 0.25) is 0 Å². The molecule has 1 atom stereocenters. The quantitative estimate of drug-likeness (QED) is 0.851. The number of hydrogen-bond acceptors (Lipinski definition) is 4. The summed E-state index contributed by atoms with van der Waals surface area (Å²) in [5.74, 6) is -0.173. The largest absolute Gasteiger partial charge is 0.493 e. The Bertz CT molecular complexity index is 621. The van der Waals surface area contributed by atoms with Crippen LogP contribution in [0.3, 0.4) is 0 Å². The van der Waals surface area contributed by atoms with Gasteiger partial charge in [-0.15, -0.1) is 0 Å². The Hall–Kier alpha value is -1.95. The van der Waals surface area contributed by atoms with Gasteiger partial charge in [-0.3, -0.25) is 9.59 Å². The Morgan fingerprint density at radius 2 is 2.12 bits per heavy atom. The summed E-state index contributed by atoms with van der Waals surface area (Å²) in [6.07, 6.45) is 4.10. The molecule has 0 aromatic heterocycles. The SMILES string of the molecule is CC[C@H]1CCCCN1C(=O)c1cc(Cl)c(OCC(N)=O)c(OC)c1. The topological polar surface area (TPSA) is 81.9 Å². The minimum absolute atomic E-state index is 0.0665. The van der Waals surface area contributed by atoms with Gasteiger partial charge in [0, 0.05) is 18.2 Å². The Kier molecular flexibility index (Phi) is 6.31. The Labute approximate surface area is 146 Å². The van der Waals surface area contributed by atoms with Gasteiger partial charge in [-0.25, -0.2) is 0 Å². The Morgan fingerprint density at radius 1 is 1.38 bits per heavy atom. The zero-order valence-electron chi connectivity index (χ0n) is 14.0. The molecule has 0 unspecified atom stereocenters. The van der Waals surface area contributed by atoms with Crippen LogP contribution in [0.5, 0.6) is 11.5 Å². The first-order chi connectivity index (χ1) is 11.5. The van der Waals surface area contributed by atoms with Gasteiger partial charge in [-0.05, 0) is 37.8 Å². The molecule has 132 valence electrons. The summed E-state index contributed by atoms with van der Waals surface area (Å²) in [6.45, 7) is 2.52. The molecular weight excluding hydrogens is 332 g/mol. The molecule has 1 aromatic carbocycles. The number of carbonyl (C=O) groups is 2. The van der Waals surface area contributed by atoms with E-state index < -0.39 is 5.91 Å². The highest BCUT2D eigenvalue weighted by Crippen LogP contribution is 2.37. The van der Waals surface area contributed by atoms with E-state index in [1.807, 2.05) is 4.90 Å². The molecule has 2 amide bonds. The minimum Gasteiger partial charge on any atom is -0.493 e. The van der Waals surface area contributed by atoms with Crippen molar-refractivity contribution in [2.75, 3.05) is 20.3 Å². The molecule has 1 aliphatic rings. The van der Waals surface area contributed by atoms with E-state index in [4.69, 9.17) is 26.8 Å². The highest BCUT2D eigenvalue weighted by atomic mass is 35.5. The predicted molar refractivity (Wildman–Crippen MR) is 91.7 cm³/mol. The molecule has 0 aliphatic carbocycles. The maximum Gasteiger partial charge on any atom is 0.255 e. The van der Waals surface area contributed by atoms with Crippen molar-refractivity contribution in [3.8, 4) is 11.5 Å². The molecule has 1 fully saturated rings. The van der Waals surface area contributed by atoms with Crippen LogP contribution in [-0.2, 0) is 4.79 Å². The Morgan fingerprint density at radius 3 is 2.75 bits per heavy atom. The first-order valence-corrected chi connectivity index (χ1v) is 8.45. The van der Waals surface area contributed by atoms with Crippen LogP contribution in [-0.4, -0.2) is 43.0 Å². The van der Waals surface area contributed by atoms with Gasteiger partial charge < -0.3 is 20.1 Å². The average molecular weight is 355 g/mol. The molecule has 6 nitrogen and oxygen atoms in total. The van der Waals surface area contributed by atoms with Gasteiger partial charge in [0.1, 0.15) is 0 Å². The van der Waals surface area contributed by atoms with Crippen molar-refractivity contribution in [1.29, 1.82) is 0 Å². The number of likely N-dealkylation sites (tertiary alicyclic amines) is 1. The fourth-order valence-electron chi connectivity index (χ4n) is 2.98. The summed E-state index contributed by atoms with van der Waals surface area (Å²) in [5.41, 5.74) is 5.53. The van der Waals surface area contributed by atoms with Crippen LogP contribution < -0.4 is 15.2 Å². The summed E-state index contributed by atoms with van der Waals surface area (Å²) in [5, 5.41) is 0.212. The van der Waals surface area contributed by atoms with E-state index in [1.54, 1.807) is 12.1 Å². The third kappa shape index (κ3) is 4.12. The fraction of sp³-hybridized carbons (Fsp3) is 0.529. The predicted octanol–water partition coefficient (Wildman–Crippen LogP) is 2.62. The second-order valence-corrected chi connectivity index (χ2v) is 6.21. The van der Waals surface area contributed by atoms with Crippen molar-refractivity contribution in [3.05, 3.63) is 22.7 Å². The van der Waals surface area contributed by atoms with E-state index in [9.17, 15) is 9.59 Å². The number of nitrogens with two attached hydrogens (primary N) is 1. The lowest BCUT2D eigenvalue weighted by Crippen LogP contribution is -2.43. The third-order valence-electron chi connectivity index (χ3n) is 4.19. The van der Waals surface area contributed by atoms with E-state index in [1.165, 1.54) is 7.11 Å². The molecule has 0 spiro atoms. The summed E-state index contributed by atoms with van der Waals surface area (Å²) < 4.78 is 10.5. The molecule has 1 aromatic rings. The summed E-state index contributed by atoms with van der Waals surface area (Å²) in [6, 6.07) is 3.39. The second kappa shape index (κ2) is 8.24. The number of amides is 2. The lowest BCUT2D eigenvalue weighted by molar-refractivity contribution is -0.119. The molecule has 1 aliphatic heterocycles. The van der Waals surface area contributed by atoms with Crippen LogP contribution in [0.1, 0.15) is 43.0 Å². The molecule has 0 radical (unpaired) electrons. The Balaban J connectivity index is 2.28. The molecule has 1 heterocycles. The number of benzene rings is 1. The van der Waals surface area contributed by atoms with Crippen LogP contribution in [0.4, 0.5) is 0 Å². The van der Waals surface area contributed by atoms with Gasteiger partial charge in [-0.1, -0.05) is 18.5 Å². The average Bonchev–Trinajstić information content (AvgIpc) is 2.59. The first kappa shape index (κ1) is 18.4. The molecular formula is C17H23ClN2O4. The number of carbonyl (C=O) groups excluding carboxylic acids is 2. The smallest absolute Gasteiger partial charge is 0.255 e. The zero-order valence-corrected chi connectivity index (χ0v) is 14.8. The molecule has 2 N–H and O–H groups in total. The van der Waals surface area contributed by atoms with Gasteiger partial charge in [-0.2, -0.15) is 0 Å². The number of primary amides is 1. The van der Waals surface area contributed by atoms with Crippen LogP contribution in [0, 0.1) is 0 Å². The van der Waals surface area contributed by atoms with Gasteiger partial charge in [0.25, 0.3) is 11.8 Å². The van der Waals surface area contributed by atoms with Crippen LogP contribution in [0.15, 0.2) is 12.1 Å². The number of halogens is 1. The van der Waals surface area contributed by atoms with E-state index in [0.717, 1.165) is 32.2 Å². The summed E-state index contributed by atoms with van der Waals surface area (Å²) in [7, 11) is 1.45. The second-order valence-electron chi connectivity index (χ2n) is 5.80. The number of ether oxygens (including phenoxy) is 2. The normalized spacial score (nSPS) is 17.5. The van der Waals surface area contributed by atoms with Crippen molar-refractivity contribution >= 4 is 23.4 Å². The number of methoxy groups -OCH3 is 1. The molecule has 1 saturated heterocycles. The third-order valence-corrected chi connectivity index (χ3v) is 4.48. The number of nitrogens with zero attached hydrogens (tertiary/aromatic N) is 1. The van der Waals surface area contributed by atoms with Crippen LogP contribution in [0.25, 0.3) is 0 Å². The maximum absolute atomic E-state index is 12.9. The van der Waals surface area contributed by atoms with Crippen molar-refractivity contribution in [2.24, 2.45) is 5.73 Å². The van der Waals surface area contributed by atoms with Crippen LogP contribution >= 0.6 is 11.6 Å². The number of hydrogen-bond donors (Lipinski definition) is 1. The minimum atomic E-state index is -0.618. The zero-order chi connectivity index (χ0) is 17.7. The van der Waals surface area contributed by atoms with Gasteiger partial charge >= 0.3 is 0 Å². The standard InChI is InChI=1S/C17H23ClN2O4/c1-3-12-6-4-5-7-20(12)17(22)11-8-13(18)16(14(9-11)23-2)24-10-15(19)21/h8-9,12H,3-7,10H2,1-2H3,(H2,19,21)/t12-/m0/s1. The fourth-order valence-corrected chi connectivity index (χ4v) is 3.25. The number of rotatable bonds is 6. The van der Waals surface area contributed by atoms with Crippen molar-refractivity contribution in [1.82, 2.24) is 4.90 Å². The lowest BCUT2D eigenvalue weighted by atomic mass is 9.99. The molecule has 0 saturated carbocycles. The lowest BCUT2D eigenvalue weighted by Gasteiger charge is -2.35. The van der Waals surface area contributed by atoms with Gasteiger partial charge in [0.05, 0.1) is 12.1 Å². The van der Waals surface area contributed by atoms with E-state index in [-0.39, 0.29) is 29.3 Å². The maximum atomic E-state index is 12.9. The highest BCUT2D eigenvalue weighted by molar-refractivity contribution is 6.32. The van der Waals surface area contributed by atoms with E-state index >= 15 is 0 Å². The molecule has 7 heteroatoms.